The van der Waals surface area contributed by atoms with Crippen molar-refractivity contribution in [2.45, 2.75) is 39.5 Å². The third-order valence-electron chi connectivity index (χ3n) is 3.79. The lowest BCUT2D eigenvalue weighted by Gasteiger charge is -2.12. The van der Waals surface area contributed by atoms with Crippen LogP contribution in [-0.4, -0.2) is 16.5 Å². The summed E-state index contributed by atoms with van der Waals surface area (Å²) in [6, 6.07) is 7.94. The molecule has 0 spiro atoms. The maximum absolute atomic E-state index is 6.00. The third-order valence-corrected chi connectivity index (χ3v) is 3.79. The smallest absolute Gasteiger partial charge is 0.224 e. The van der Waals surface area contributed by atoms with Crippen LogP contribution in [0.1, 0.15) is 42.6 Å². The van der Waals surface area contributed by atoms with Crippen molar-refractivity contribution < 1.29 is 4.74 Å². The average Bonchev–Trinajstić information content (AvgIpc) is 3.29. The Morgan fingerprint density at radius 3 is 2.76 bits per heavy atom. The van der Waals surface area contributed by atoms with Gasteiger partial charge in [0.15, 0.2) is 0 Å². The van der Waals surface area contributed by atoms with Gasteiger partial charge in [-0.05, 0) is 50.8 Å². The fraction of sp³-hybridized carbons (Fsp3) is 0.412. The molecule has 1 saturated carbocycles. The summed E-state index contributed by atoms with van der Waals surface area (Å²) in [5.41, 5.74) is 2.37. The van der Waals surface area contributed by atoms with Crippen LogP contribution in [0.4, 0.5) is 5.82 Å². The molecule has 0 unspecified atom stereocenters. The summed E-state index contributed by atoms with van der Waals surface area (Å²) in [7, 11) is 0. The summed E-state index contributed by atoms with van der Waals surface area (Å²) in [4.78, 5) is 9.13. The molecule has 110 valence electrons. The Hall–Kier alpha value is -2.10. The second-order valence-electron chi connectivity index (χ2n) is 5.55. The second kappa shape index (κ2) is 5.72. The van der Waals surface area contributed by atoms with Crippen molar-refractivity contribution >= 4 is 5.82 Å². The number of hydrogen-bond donors (Lipinski definition) is 1. The molecule has 1 aliphatic rings. The highest BCUT2D eigenvalue weighted by Crippen LogP contribution is 2.39. The van der Waals surface area contributed by atoms with E-state index < -0.39 is 0 Å². The molecule has 1 heterocycles. The van der Waals surface area contributed by atoms with Crippen molar-refractivity contribution in [2.75, 3.05) is 11.9 Å². The Balaban J connectivity index is 1.91. The zero-order valence-corrected chi connectivity index (χ0v) is 12.8. The minimum absolute atomic E-state index is 0.504. The molecule has 4 heteroatoms. The summed E-state index contributed by atoms with van der Waals surface area (Å²) >= 11 is 0. The first kappa shape index (κ1) is 13.9. The first-order chi connectivity index (χ1) is 10.2. The van der Waals surface area contributed by atoms with Crippen LogP contribution in [0.5, 0.6) is 11.6 Å². The van der Waals surface area contributed by atoms with Crippen LogP contribution in [0, 0.1) is 13.8 Å². The van der Waals surface area contributed by atoms with Gasteiger partial charge in [0, 0.05) is 18.5 Å². The summed E-state index contributed by atoms with van der Waals surface area (Å²) in [6.45, 7) is 7.05. The molecule has 1 aromatic heterocycles. The Kier molecular flexibility index (Phi) is 3.78. The molecule has 1 aromatic carbocycles. The maximum atomic E-state index is 6.00. The van der Waals surface area contributed by atoms with Gasteiger partial charge in [-0.15, -0.1) is 0 Å². The quantitative estimate of drug-likeness (QED) is 0.893. The largest absolute Gasteiger partial charge is 0.439 e. The van der Waals surface area contributed by atoms with E-state index in [1.54, 1.807) is 0 Å². The van der Waals surface area contributed by atoms with Gasteiger partial charge in [-0.2, -0.15) is 4.98 Å². The van der Waals surface area contributed by atoms with Gasteiger partial charge in [0.1, 0.15) is 17.4 Å². The van der Waals surface area contributed by atoms with E-state index in [0.717, 1.165) is 29.5 Å². The monoisotopic (exact) mass is 283 g/mol. The van der Waals surface area contributed by atoms with E-state index in [0.29, 0.717) is 11.8 Å². The topological polar surface area (TPSA) is 47.0 Å². The molecule has 0 radical (unpaired) electrons. The van der Waals surface area contributed by atoms with Gasteiger partial charge in [0.2, 0.25) is 5.88 Å². The van der Waals surface area contributed by atoms with Gasteiger partial charge < -0.3 is 10.1 Å². The molecular formula is C17H21N3O. The van der Waals surface area contributed by atoms with Crippen LogP contribution in [0.3, 0.4) is 0 Å². The predicted molar refractivity (Wildman–Crippen MR) is 84.2 cm³/mol. The van der Waals surface area contributed by atoms with Crippen molar-refractivity contribution in [1.82, 2.24) is 9.97 Å². The summed E-state index contributed by atoms with van der Waals surface area (Å²) in [5, 5.41) is 3.25. The number of benzene rings is 1. The van der Waals surface area contributed by atoms with Crippen molar-refractivity contribution in [3.63, 3.8) is 0 Å². The van der Waals surface area contributed by atoms with Crippen LogP contribution in [0.15, 0.2) is 24.3 Å². The molecule has 1 aliphatic carbocycles. The minimum atomic E-state index is 0.504. The summed E-state index contributed by atoms with van der Waals surface area (Å²) < 4.78 is 6.00. The Bertz CT molecular complexity index is 650. The summed E-state index contributed by atoms with van der Waals surface area (Å²) in [5.74, 6) is 3.72. The molecule has 0 amide bonds. The molecule has 1 fully saturated rings. The standard InChI is InChI=1S/C17H21N3O/c1-4-18-15-10-16(20-17(19-15)13-8-9-13)21-14-7-5-6-11(2)12(14)3/h5-7,10,13H,4,8-9H2,1-3H3,(H,18,19,20). The van der Waals surface area contributed by atoms with E-state index in [1.165, 1.54) is 18.4 Å². The highest BCUT2D eigenvalue weighted by Gasteiger charge is 2.27. The second-order valence-corrected chi connectivity index (χ2v) is 5.55. The van der Waals surface area contributed by atoms with Crippen LogP contribution >= 0.6 is 0 Å². The molecule has 21 heavy (non-hydrogen) atoms. The third kappa shape index (κ3) is 3.15. The van der Waals surface area contributed by atoms with E-state index >= 15 is 0 Å². The normalized spacial score (nSPS) is 14.0. The molecule has 0 atom stereocenters. The van der Waals surface area contributed by atoms with Crippen LogP contribution < -0.4 is 10.1 Å². The molecule has 3 rings (SSSR count). The van der Waals surface area contributed by atoms with Crippen molar-refractivity contribution in [2.24, 2.45) is 0 Å². The van der Waals surface area contributed by atoms with Gasteiger partial charge in [-0.1, -0.05) is 12.1 Å². The van der Waals surface area contributed by atoms with Crippen molar-refractivity contribution in [3.8, 4) is 11.6 Å². The minimum Gasteiger partial charge on any atom is -0.439 e. The van der Waals surface area contributed by atoms with E-state index in [-0.39, 0.29) is 0 Å². The zero-order chi connectivity index (χ0) is 14.8. The fourth-order valence-electron chi connectivity index (χ4n) is 2.24. The summed E-state index contributed by atoms with van der Waals surface area (Å²) in [6.07, 6.45) is 2.36. The lowest BCUT2D eigenvalue weighted by atomic mass is 10.1. The number of hydrogen-bond acceptors (Lipinski definition) is 4. The Labute approximate surface area is 125 Å². The van der Waals surface area contributed by atoms with Crippen molar-refractivity contribution in [3.05, 3.63) is 41.2 Å². The first-order valence-corrected chi connectivity index (χ1v) is 7.54. The van der Waals surface area contributed by atoms with E-state index in [4.69, 9.17) is 4.74 Å². The van der Waals surface area contributed by atoms with Crippen LogP contribution in [0.25, 0.3) is 0 Å². The van der Waals surface area contributed by atoms with Gasteiger partial charge in [0.05, 0.1) is 0 Å². The molecule has 4 nitrogen and oxygen atoms in total. The number of aromatic nitrogens is 2. The SMILES string of the molecule is CCNc1cc(Oc2cccc(C)c2C)nc(C2CC2)n1. The molecule has 0 bridgehead atoms. The van der Waals surface area contributed by atoms with Gasteiger partial charge in [-0.3, -0.25) is 0 Å². The molecule has 2 aromatic rings. The number of rotatable bonds is 5. The van der Waals surface area contributed by atoms with E-state index in [1.807, 2.05) is 18.2 Å². The van der Waals surface area contributed by atoms with E-state index in [9.17, 15) is 0 Å². The van der Waals surface area contributed by atoms with Crippen molar-refractivity contribution in [1.29, 1.82) is 0 Å². The number of aryl methyl sites for hydroxylation is 1. The van der Waals surface area contributed by atoms with Gasteiger partial charge in [0.25, 0.3) is 0 Å². The van der Waals surface area contributed by atoms with Gasteiger partial charge in [-0.25, -0.2) is 4.98 Å². The average molecular weight is 283 g/mol. The Morgan fingerprint density at radius 1 is 1.24 bits per heavy atom. The fourth-order valence-corrected chi connectivity index (χ4v) is 2.24. The maximum Gasteiger partial charge on any atom is 0.224 e. The predicted octanol–water partition coefficient (Wildman–Crippen LogP) is 4.19. The lowest BCUT2D eigenvalue weighted by molar-refractivity contribution is 0.455. The molecule has 0 aliphatic heterocycles. The highest BCUT2D eigenvalue weighted by molar-refractivity contribution is 5.44. The lowest BCUT2D eigenvalue weighted by Crippen LogP contribution is -2.04. The van der Waals surface area contributed by atoms with Crippen LogP contribution in [0.2, 0.25) is 0 Å². The number of nitrogens with zero attached hydrogens (tertiary/aromatic N) is 2. The number of ether oxygens (including phenoxy) is 1. The molecular weight excluding hydrogens is 262 g/mol. The molecule has 1 N–H and O–H groups in total. The number of nitrogens with one attached hydrogen (secondary N) is 1. The van der Waals surface area contributed by atoms with E-state index in [2.05, 4.69) is 42.1 Å². The Morgan fingerprint density at radius 2 is 2.05 bits per heavy atom. The molecule has 0 saturated heterocycles. The highest BCUT2D eigenvalue weighted by atomic mass is 16.5. The number of anilines is 1. The van der Waals surface area contributed by atoms with Crippen LogP contribution in [-0.2, 0) is 0 Å². The first-order valence-electron chi connectivity index (χ1n) is 7.54. The zero-order valence-electron chi connectivity index (χ0n) is 12.8. The van der Waals surface area contributed by atoms with Gasteiger partial charge >= 0.3 is 0 Å².